The fraction of sp³-hybridized carbons (Fsp3) is 0.778. The van der Waals surface area contributed by atoms with Crippen LogP contribution in [0, 0.1) is 0 Å². The van der Waals surface area contributed by atoms with Crippen LogP contribution in [0.15, 0.2) is 0 Å². The molecule has 0 aliphatic heterocycles. The summed E-state index contributed by atoms with van der Waals surface area (Å²) in [5.74, 6) is -1.57. The van der Waals surface area contributed by atoms with Crippen molar-refractivity contribution in [2.45, 2.75) is 19.3 Å². The largest absolute Gasteiger partial charge is 0.481 e. The van der Waals surface area contributed by atoms with Crippen LogP contribution >= 0.6 is 11.8 Å². The Balaban J connectivity index is 3.53. The molecule has 0 saturated carbocycles. The lowest BCUT2D eigenvalue weighted by atomic mass is 10.2. The highest BCUT2D eigenvalue weighted by Crippen LogP contribution is 2.03. The van der Waals surface area contributed by atoms with Crippen LogP contribution in [0.25, 0.3) is 0 Å². The lowest BCUT2D eigenvalue weighted by Crippen LogP contribution is -2.30. The van der Waals surface area contributed by atoms with E-state index in [1.54, 1.807) is 0 Å². The Kier molecular flexibility index (Phi) is 8.97. The molecule has 0 aromatic carbocycles. The number of thioether (sulfide) groups is 1. The molecule has 0 radical (unpaired) electrons. The molecule has 0 aliphatic rings. The highest BCUT2D eigenvalue weighted by Gasteiger charge is 2.10. The first kappa shape index (κ1) is 15.2. The summed E-state index contributed by atoms with van der Waals surface area (Å²) in [5.41, 5.74) is 5.30. The quantitative estimate of drug-likeness (QED) is 0.306. The maximum Gasteiger partial charge on any atom is 0.313 e. The molecule has 16 heavy (non-hydrogen) atoms. The third-order valence-electron chi connectivity index (χ3n) is 1.81. The van der Waals surface area contributed by atoms with E-state index < -0.39 is 11.9 Å². The molecule has 7 heteroatoms. The van der Waals surface area contributed by atoms with Crippen LogP contribution in [-0.2, 0) is 9.59 Å². The van der Waals surface area contributed by atoms with Gasteiger partial charge in [0.05, 0.1) is 11.5 Å². The number of hydroxylamine groups is 2. The van der Waals surface area contributed by atoms with E-state index >= 15 is 0 Å². The van der Waals surface area contributed by atoms with Gasteiger partial charge < -0.3 is 10.8 Å². The van der Waals surface area contributed by atoms with Crippen LogP contribution in [0.5, 0.6) is 0 Å². The zero-order valence-electron chi connectivity index (χ0n) is 9.09. The van der Waals surface area contributed by atoms with Gasteiger partial charge in [-0.05, 0) is 19.4 Å². The number of carboxylic acid groups (broad SMARTS) is 1. The lowest BCUT2D eigenvalue weighted by Gasteiger charge is -2.14. The summed E-state index contributed by atoms with van der Waals surface area (Å²) in [7, 11) is 0. The van der Waals surface area contributed by atoms with Crippen molar-refractivity contribution in [3.63, 3.8) is 0 Å². The average molecular weight is 250 g/mol. The predicted octanol–water partition coefficient (Wildman–Crippen LogP) is 0.151. The maximum absolute atomic E-state index is 11.2. The molecule has 0 atom stereocenters. The first-order valence-corrected chi connectivity index (χ1v) is 6.22. The number of unbranched alkanes of at least 4 members (excludes halogenated alkanes) is 2. The molecule has 0 unspecified atom stereocenters. The van der Waals surface area contributed by atoms with Gasteiger partial charge in [-0.2, -0.15) is 0 Å². The van der Waals surface area contributed by atoms with Crippen molar-refractivity contribution in [2.75, 3.05) is 24.6 Å². The summed E-state index contributed by atoms with van der Waals surface area (Å²) >= 11 is 0.971. The van der Waals surface area contributed by atoms with Crippen molar-refractivity contribution in [3.8, 4) is 0 Å². The number of hydrogen-bond donors (Lipinski definition) is 3. The van der Waals surface area contributed by atoms with Crippen LogP contribution in [0.4, 0.5) is 0 Å². The second-order valence-electron chi connectivity index (χ2n) is 3.25. The lowest BCUT2D eigenvalue weighted by molar-refractivity contribution is -0.162. The van der Waals surface area contributed by atoms with Crippen molar-refractivity contribution in [1.82, 2.24) is 5.06 Å². The van der Waals surface area contributed by atoms with Gasteiger partial charge in [-0.25, -0.2) is 5.06 Å². The normalized spacial score (nSPS) is 10.1. The number of amides is 1. The molecule has 0 aliphatic carbocycles. The molecule has 0 fully saturated rings. The number of nitrogens with two attached hydrogens (primary N) is 1. The standard InChI is InChI=1S/C9H18N2O4S/c10-4-2-1-3-5-11(15)8(12)6-16-7-9(13)14/h15H,1-7,10H2,(H,13,14). The first-order valence-electron chi connectivity index (χ1n) is 5.06. The minimum atomic E-state index is -0.967. The highest BCUT2D eigenvalue weighted by molar-refractivity contribution is 8.00. The van der Waals surface area contributed by atoms with Crippen LogP contribution in [0.2, 0.25) is 0 Å². The van der Waals surface area contributed by atoms with Crippen molar-refractivity contribution in [2.24, 2.45) is 5.73 Å². The molecule has 0 saturated heterocycles. The molecule has 0 aromatic heterocycles. The highest BCUT2D eigenvalue weighted by atomic mass is 32.2. The fourth-order valence-electron chi connectivity index (χ4n) is 1.01. The molecule has 0 aromatic rings. The van der Waals surface area contributed by atoms with Crippen molar-refractivity contribution in [3.05, 3.63) is 0 Å². The molecule has 4 N–H and O–H groups in total. The van der Waals surface area contributed by atoms with Gasteiger partial charge in [0.15, 0.2) is 0 Å². The van der Waals surface area contributed by atoms with Gasteiger partial charge in [0.25, 0.3) is 5.91 Å². The second-order valence-corrected chi connectivity index (χ2v) is 4.24. The zero-order chi connectivity index (χ0) is 12.4. The third kappa shape index (κ3) is 8.51. The summed E-state index contributed by atoms with van der Waals surface area (Å²) in [6.07, 6.45) is 2.43. The van der Waals surface area contributed by atoms with Crippen LogP contribution in [0.1, 0.15) is 19.3 Å². The van der Waals surface area contributed by atoms with E-state index in [9.17, 15) is 14.8 Å². The Morgan fingerprint density at radius 1 is 1.19 bits per heavy atom. The molecule has 94 valence electrons. The molecule has 1 amide bonds. The maximum atomic E-state index is 11.2. The van der Waals surface area contributed by atoms with E-state index in [-0.39, 0.29) is 18.1 Å². The zero-order valence-corrected chi connectivity index (χ0v) is 9.91. The van der Waals surface area contributed by atoms with E-state index in [0.717, 1.165) is 24.6 Å². The number of rotatable bonds is 9. The number of carbonyl (C=O) groups excluding carboxylic acids is 1. The van der Waals surface area contributed by atoms with Crippen molar-refractivity contribution >= 4 is 23.6 Å². The first-order chi connectivity index (χ1) is 7.57. The Bertz CT molecular complexity index is 226. The molecule has 0 rings (SSSR count). The SMILES string of the molecule is NCCCCCN(O)C(=O)CSCC(=O)O. The van der Waals surface area contributed by atoms with Crippen molar-refractivity contribution < 1.29 is 19.9 Å². The smallest absolute Gasteiger partial charge is 0.313 e. The van der Waals surface area contributed by atoms with Crippen LogP contribution in [0.3, 0.4) is 0 Å². The molecule has 0 bridgehead atoms. The molecule has 6 nitrogen and oxygen atoms in total. The second kappa shape index (κ2) is 9.44. The van der Waals surface area contributed by atoms with E-state index in [2.05, 4.69) is 0 Å². The van der Waals surface area contributed by atoms with E-state index in [1.807, 2.05) is 0 Å². The number of nitrogens with zero attached hydrogens (tertiary/aromatic N) is 1. The number of carboxylic acids is 1. The number of hydrogen-bond acceptors (Lipinski definition) is 5. The van der Waals surface area contributed by atoms with Crippen LogP contribution in [-0.4, -0.2) is 51.8 Å². The summed E-state index contributed by atoms with van der Waals surface area (Å²) in [5, 5.41) is 18.3. The Labute approximate surface area is 98.7 Å². The summed E-state index contributed by atoms with van der Waals surface area (Å²) in [6, 6.07) is 0. The predicted molar refractivity (Wildman–Crippen MR) is 61.4 cm³/mol. The molecular formula is C9H18N2O4S. The average Bonchev–Trinajstić information content (AvgIpc) is 2.23. The topological polar surface area (TPSA) is 104 Å². The summed E-state index contributed by atoms with van der Waals surface area (Å²) < 4.78 is 0. The summed E-state index contributed by atoms with van der Waals surface area (Å²) in [6.45, 7) is 0.875. The van der Waals surface area contributed by atoms with Gasteiger partial charge in [-0.3, -0.25) is 14.8 Å². The van der Waals surface area contributed by atoms with Gasteiger partial charge in [-0.1, -0.05) is 6.42 Å². The minimum Gasteiger partial charge on any atom is -0.481 e. The van der Waals surface area contributed by atoms with E-state index in [0.29, 0.717) is 18.0 Å². The number of carbonyl (C=O) groups is 2. The van der Waals surface area contributed by atoms with Gasteiger partial charge in [-0.15, -0.1) is 11.8 Å². The Morgan fingerprint density at radius 2 is 1.88 bits per heavy atom. The van der Waals surface area contributed by atoms with Gasteiger partial charge in [0, 0.05) is 6.54 Å². The third-order valence-corrected chi connectivity index (χ3v) is 2.72. The summed E-state index contributed by atoms with van der Waals surface area (Å²) in [4.78, 5) is 21.4. The minimum absolute atomic E-state index is 0.0142. The Morgan fingerprint density at radius 3 is 2.44 bits per heavy atom. The van der Waals surface area contributed by atoms with Gasteiger partial charge in [0.2, 0.25) is 0 Å². The monoisotopic (exact) mass is 250 g/mol. The Hall–Kier alpha value is -0.790. The number of aliphatic carboxylic acids is 1. The van der Waals surface area contributed by atoms with Crippen LogP contribution < -0.4 is 5.73 Å². The van der Waals surface area contributed by atoms with Crippen molar-refractivity contribution in [1.29, 1.82) is 0 Å². The fourth-order valence-corrected chi connectivity index (χ4v) is 1.61. The molecule has 0 heterocycles. The molecule has 0 spiro atoms. The van der Waals surface area contributed by atoms with Gasteiger partial charge in [0.1, 0.15) is 0 Å². The van der Waals surface area contributed by atoms with E-state index in [4.69, 9.17) is 10.8 Å². The molecular weight excluding hydrogens is 232 g/mol. The van der Waals surface area contributed by atoms with E-state index in [1.165, 1.54) is 0 Å². The van der Waals surface area contributed by atoms with Gasteiger partial charge >= 0.3 is 5.97 Å².